The molecule has 1 atom stereocenters. The largest absolute Gasteiger partial charge is 0.396 e. The summed E-state index contributed by atoms with van der Waals surface area (Å²) in [7, 11) is 0. The van der Waals surface area contributed by atoms with Crippen LogP contribution in [-0.2, 0) is 0 Å². The van der Waals surface area contributed by atoms with Crippen LogP contribution in [-0.4, -0.2) is 50.6 Å². The number of piperidine rings is 1. The molecule has 1 N–H and O–H groups in total. The highest BCUT2D eigenvalue weighted by molar-refractivity contribution is 6.30. The van der Waals surface area contributed by atoms with Crippen molar-refractivity contribution < 1.29 is 9.90 Å². The Morgan fingerprint density at radius 1 is 1.48 bits per heavy atom. The lowest BCUT2D eigenvalue weighted by molar-refractivity contribution is 0.0353. The first-order valence-corrected chi connectivity index (χ1v) is 7.97. The smallest absolute Gasteiger partial charge is 0.276 e. The van der Waals surface area contributed by atoms with Crippen molar-refractivity contribution in [1.29, 1.82) is 0 Å². The summed E-state index contributed by atoms with van der Waals surface area (Å²) in [5.41, 5.74) is 0.763. The number of aliphatic hydroxyl groups excluding tert-OH is 1. The van der Waals surface area contributed by atoms with Crippen molar-refractivity contribution in [1.82, 2.24) is 19.9 Å². The van der Waals surface area contributed by atoms with Crippen molar-refractivity contribution in [2.45, 2.75) is 19.8 Å². The second-order valence-corrected chi connectivity index (χ2v) is 6.73. The number of benzene rings is 1. The second-order valence-electron chi connectivity index (χ2n) is 6.30. The zero-order valence-electron chi connectivity index (χ0n) is 12.9. The highest BCUT2D eigenvalue weighted by Gasteiger charge is 2.33. The quantitative estimate of drug-likeness (QED) is 0.933. The molecule has 0 spiro atoms. The molecule has 2 heterocycles. The lowest BCUT2D eigenvalue weighted by Gasteiger charge is -2.38. The summed E-state index contributed by atoms with van der Waals surface area (Å²) in [5, 5.41) is 18.5. The van der Waals surface area contributed by atoms with Crippen LogP contribution < -0.4 is 0 Å². The van der Waals surface area contributed by atoms with Gasteiger partial charge in [0, 0.05) is 23.5 Å². The van der Waals surface area contributed by atoms with Gasteiger partial charge in [0.05, 0.1) is 18.5 Å². The molecular formula is C16H19ClN4O2. The third-order valence-electron chi connectivity index (χ3n) is 4.20. The number of hydrogen-bond donors (Lipinski definition) is 1. The average Bonchev–Trinajstić information content (AvgIpc) is 3.04. The van der Waals surface area contributed by atoms with Crippen LogP contribution in [0, 0.1) is 5.41 Å². The van der Waals surface area contributed by atoms with E-state index in [1.54, 1.807) is 23.1 Å². The lowest BCUT2D eigenvalue weighted by Crippen LogP contribution is -2.46. The summed E-state index contributed by atoms with van der Waals surface area (Å²) in [5.74, 6) is -0.155. The van der Waals surface area contributed by atoms with E-state index in [-0.39, 0.29) is 17.9 Å². The van der Waals surface area contributed by atoms with E-state index in [0.717, 1.165) is 12.8 Å². The molecule has 0 radical (unpaired) electrons. The second kappa shape index (κ2) is 6.29. The maximum Gasteiger partial charge on any atom is 0.276 e. The Kier molecular flexibility index (Phi) is 4.37. The minimum Gasteiger partial charge on any atom is -0.396 e. The molecule has 1 aromatic carbocycles. The molecular weight excluding hydrogens is 316 g/mol. The molecule has 0 aliphatic carbocycles. The van der Waals surface area contributed by atoms with E-state index in [2.05, 4.69) is 10.2 Å². The molecule has 6 nitrogen and oxygen atoms in total. The number of carbonyl (C=O) groups is 1. The molecule has 1 unspecified atom stereocenters. The lowest BCUT2D eigenvalue weighted by atomic mass is 9.83. The number of aliphatic hydroxyl groups is 1. The normalized spacial score (nSPS) is 21.4. The Morgan fingerprint density at radius 2 is 2.30 bits per heavy atom. The number of rotatable bonds is 3. The van der Waals surface area contributed by atoms with Crippen LogP contribution in [0.1, 0.15) is 30.3 Å². The van der Waals surface area contributed by atoms with Crippen molar-refractivity contribution in [3.8, 4) is 5.69 Å². The number of aromatic nitrogens is 3. The monoisotopic (exact) mass is 334 g/mol. The van der Waals surface area contributed by atoms with Gasteiger partial charge in [0.1, 0.15) is 0 Å². The number of carbonyl (C=O) groups excluding carboxylic acids is 1. The zero-order valence-corrected chi connectivity index (χ0v) is 13.7. The van der Waals surface area contributed by atoms with Gasteiger partial charge < -0.3 is 10.0 Å². The fourth-order valence-electron chi connectivity index (χ4n) is 2.87. The molecule has 1 aliphatic rings. The summed E-state index contributed by atoms with van der Waals surface area (Å²) in [6.07, 6.45) is 3.27. The molecule has 1 saturated heterocycles. The van der Waals surface area contributed by atoms with Crippen LogP contribution in [0.4, 0.5) is 0 Å². The van der Waals surface area contributed by atoms with Crippen LogP contribution in [0.25, 0.3) is 5.69 Å². The molecule has 1 aliphatic heterocycles. The van der Waals surface area contributed by atoms with Crippen LogP contribution in [0.5, 0.6) is 0 Å². The summed E-state index contributed by atoms with van der Waals surface area (Å²) >= 11 is 5.97. The van der Waals surface area contributed by atoms with Crippen LogP contribution in [0.3, 0.4) is 0 Å². The third-order valence-corrected chi connectivity index (χ3v) is 4.44. The molecule has 2 aromatic rings. The van der Waals surface area contributed by atoms with Gasteiger partial charge in [0.2, 0.25) is 0 Å². The molecule has 1 fully saturated rings. The van der Waals surface area contributed by atoms with Crippen molar-refractivity contribution >= 4 is 17.5 Å². The van der Waals surface area contributed by atoms with Crippen LogP contribution >= 0.6 is 11.6 Å². The topological polar surface area (TPSA) is 71.2 Å². The number of hydrogen-bond acceptors (Lipinski definition) is 4. The van der Waals surface area contributed by atoms with Gasteiger partial charge in [-0.15, -0.1) is 5.10 Å². The molecule has 1 aromatic heterocycles. The standard InChI is InChI=1S/C16H19ClN4O2/c1-16(11-22)6-3-7-20(10-16)15(23)14-9-18-21(19-14)13-5-2-4-12(17)8-13/h2,4-5,8-9,22H,3,6-7,10-11H2,1H3. The summed E-state index contributed by atoms with van der Waals surface area (Å²) in [6, 6.07) is 7.13. The SMILES string of the molecule is CC1(CO)CCCN(C(=O)c2cnn(-c3cccc(Cl)c3)n2)C1. The van der Waals surface area contributed by atoms with E-state index in [1.807, 2.05) is 13.0 Å². The first-order chi connectivity index (χ1) is 11.0. The van der Waals surface area contributed by atoms with E-state index >= 15 is 0 Å². The van der Waals surface area contributed by atoms with Crippen molar-refractivity contribution in [3.05, 3.63) is 41.2 Å². The average molecular weight is 335 g/mol. The molecule has 0 bridgehead atoms. The Bertz CT molecular complexity index is 718. The fourth-order valence-corrected chi connectivity index (χ4v) is 3.05. The van der Waals surface area contributed by atoms with Gasteiger partial charge >= 0.3 is 0 Å². The van der Waals surface area contributed by atoms with Gasteiger partial charge in [0.15, 0.2) is 5.69 Å². The number of likely N-dealkylation sites (tertiary alicyclic amines) is 1. The van der Waals surface area contributed by atoms with E-state index in [9.17, 15) is 9.90 Å². The Morgan fingerprint density at radius 3 is 3.04 bits per heavy atom. The Hall–Kier alpha value is -1.92. The number of nitrogens with zero attached hydrogens (tertiary/aromatic N) is 4. The predicted octanol–water partition coefficient (Wildman–Crippen LogP) is 2.16. The van der Waals surface area contributed by atoms with Gasteiger partial charge in [0.25, 0.3) is 5.91 Å². The Balaban J connectivity index is 1.79. The molecule has 1 amide bonds. The van der Waals surface area contributed by atoms with Crippen LogP contribution in [0.2, 0.25) is 5.02 Å². The highest BCUT2D eigenvalue weighted by Crippen LogP contribution is 2.29. The van der Waals surface area contributed by atoms with Crippen molar-refractivity contribution in [2.75, 3.05) is 19.7 Å². The maximum absolute atomic E-state index is 12.6. The van der Waals surface area contributed by atoms with Gasteiger partial charge in [-0.05, 0) is 31.0 Å². The summed E-state index contributed by atoms with van der Waals surface area (Å²) in [4.78, 5) is 15.8. The minimum atomic E-state index is -0.239. The minimum absolute atomic E-state index is 0.0754. The first kappa shape index (κ1) is 16.0. The molecule has 23 heavy (non-hydrogen) atoms. The Labute approximate surface area is 139 Å². The fraction of sp³-hybridized carbons (Fsp3) is 0.438. The third kappa shape index (κ3) is 3.38. The van der Waals surface area contributed by atoms with E-state index in [1.165, 1.54) is 11.0 Å². The highest BCUT2D eigenvalue weighted by atomic mass is 35.5. The zero-order chi connectivity index (χ0) is 16.4. The van der Waals surface area contributed by atoms with Crippen molar-refractivity contribution in [3.63, 3.8) is 0 Å². The predicted molar refractivity (Wildman–Crippen MR) is 86.7 cm³/mol. The first-order valence-electron chi connectivity index (χ1n) is 7.59. The van der Waals surface area contributed by atoms with E-state index in [0.29, 0.717) is 29.5 Å². The molecule has 0 saturated carbocycles. The molecule has 3 rings (SSSR count). The summed E-state index contributed by atoms with van der Waals surface area (Å²) < 4.78 is 0. The van der Waals surface area contributed by atoms with E-state index < -0.39 is 0 Å². The molecule has 122 valence electrons. The number of halogens is 1. The summed E-state index contributed by atoms with van der Waals surface area (Å²) in [6.45, 7) is 3.28. The van der Waals surface area contributed by atoms with Crippen molar-refractivity contribution in [2.24, 2.45) is 5.41 Å². The van der Waals surface area contributed by atoms with Gasteiger partial charge in [-0.3, -0.25) is 4.79 Å². The van der Waals surface area contributed by atoms with Gasteiger partial charge in [-0.2, -0.15) is 9.90 Å². The number of amides is 1. The van der Waals surface area contributed by atoms with Gasteiger partial charge in [-0.1, -0.05) is 24.6 Å². The maximum atomic E-state index is 12.6. The van der Waals surface area contributed by atoms with Crippen LogP contribution in [0.15, 0.2) is 30.5 Å². The van der Waals surface area contributed by atoms with E-state index in [4.69, 9.17) is 11.6 Å². The molecule has 7 heteroatoms. The van der Waals surface area contributed by atoms with Gasteiger partial charge in [-0.25, -0.2) is 0 Å².